The summed E-state index contributed by atoms with van der Waals surface area (Å²) in [4.78, 5) is 26.5. The third-order valence-corrected chi connectivity index (χ3v) is 6.82. The van der Waals surface area contributed by atoms with Gasteiger partial charge in [-0.15, -0.1) is 0 Å². The molecule has 9 nitrogen and oxygen atoms in total. The lowest BCUT2D eigenvalue weighted by Crippen LogP contribution is -2.43. The molecule has 10 heteroatoms. The summed E-state index contributed by atoms with van der Waals surface area (Å²) in [5.41, 5.74) is -0.0297. The number of hydrogen-bond acceptors (Lipinski definition) is 6. The van der Waals surface area contributed by atoms with Crippen molar-refractivity contribution in [2.45, 2.75) is 37.6 Å². The van der Waals surface area contributed by atoms with Crippen molar-refractivity contribution in [3.63, 3.8) is 0 Å². The highest BCUT2D eigenvalue weighted by atomic mass is 32.2. The molecule has 150 valence electrons. The first kappa shape index (κ1) is 21.1. The summed E-state index contributed by atoms with van der Waals surface area (Å²) in [6.07, 6.45) is 1.34. The van der Waals surface area contributed by atoms with Gasteiger partial charge in [0, 0.05) is 39.8 Å². The molecule has 1 saturated heterocycles. The molecule has 27 heavy (non-hydrogen) atoms. The number of anilines is 1. The molecule has 1 heterocycles. The second-order valence-corrected chi connectivity index (χ2v) is 8.52. The molecule has 0 saturated carbocycles. The van der Waals surface area contributed by atoms with Crippen LogP contribution in [0.1, 0.15) is 26.7 Å². The highest BCUT2D eigenvalue weighted by molar-refractivity contribution is 7.89. The lowest BCUT2D eigenvalue weighted by atomic mass is 10.1. The quantitative estimate of drug-likeness (QED) is 0.511. The van der Waals surface area contributed by atoms with Crippen LogP contribution in [0.2, 0.25) is 0 Å². The Morgan fingerprint density at radius 1 is 1.30 bits per heavy atom. The van der Waals surface area contributed by atoms with Crippen LogP contribution in [0.3, 0.4) is 0 Å². The van der Waals surface area contributed by atoms with Crippen LogP contribution in [0.5, 0.6) is 0 Å². The summed E-state index contributed by atoms with van der Waals surface area (Å²) in [5, 5.41) is 11.7. The molecule has 1 aromatic carbocycles. The van der Waals surface area contributed by atoms with E-state index in [0.717, 1.165) is 12.5 Å². The highest BCUT2D eigenvalue weighted by Gasteiger charge is 2.36. The summed E-state index contributed by atoms with van der Waals surface area (Å²) in [5.74, 6) is -0.123. The zero-order valence-corrected chi connectivity index (χ0v) is 16.9. The van der Waals surface area contributed by atoms with Gasteiger partial charge < -0.3 is 9.80 Å². The average Bonchev–Trinajstić information content (AvgIpc) is 3.10. The van der Waals surface area contributed by atoms with Gasteiger partial charge in [-0.05, 0) is 25.0 Å². The van der Waals surface area contributed by atoms with Crippen LogP contribution in [-0.2, 0) is 14.8 Å². The normalized spacial score (nSPS) is 17.4. The monoisotopic (exact) mass is 398 g/mol. The molecule has 1 aromatic rings. The van der Waals surface area contributed by atoms with Gasteiger partial charge in [0.15, 0.2) is 0 Å². The minimum atomic E-state index is -3.81. The van der Waals surface area contributed by atoms with Crippen LogP contribution in [0.15, 0.2) is 23.1 Å². The molecule has 0 spiro atoms. The van der Waals surface area contributed by atoms with E-state index in [2.05, 4.69) is 0 Å². The Labute approximate surface area is 159 Å². The smallest absolute Gasteiger partial charge is 0.293 e. The predicted molar refractivity (Wildman–Crippen MR) is 102 cm³/mol. The fourth-order valence-corrected chi connectivity index (χ4v) is 4.85. The Bertz CT molecular complexity index is 821. The standard InChI is InChI=1S/C17H26N4O5S/c1-5-19(6-2)27(25,26)13-9-10-14(16(12-13)21(23)24)20-11-7-8-15(20)17(22)18(3)4/h9-10,12,15H,5-8,11H2,1-4H3. The Morgan fingerprint density at radius 2 is 1.93 bits per heavy atom. The highest BCUT2D eigenvalue weighted by Crippen LogP contribution is 2.36. The molecule has 0 radical (unpaired) electrons. The zero-order valence-electron chi connectivity index (χ0n) is 16.1. The number of carbonyl (C=O) groups excluding carboxylic acids is 1. The van der Waals surface area contributed by atoms with Gasteiger partial charge in [-0.25, -0.2) is 8.42 Å². The molecular formula is C17H26N4O5S. The topological polar surface area (TPSA) is 104 Å². The van der Waals surface area contributed by atoms with Crippen LogP contribution in [0, 0.1) is 10.1 Å². The van der Waals surface area contributed by atoms with Gasteiger partial charge in [0.1, 0.15) is 11.7 Å². The van der Waals surface area contributed by atoms with E-state index in [-0.39, 0.29) is 35.3 Å². The first-order valence-electron chi connectivity index (χ1n) is 8.91. The Morgan fingerprint density at radius 3 is 2.44 bits per heavy atom. The molecule has 1 atom stereocenters. The number of hydrogen-bond donors (Lipinski definition) is 0. The van der Waals surface area contributed by atoms with E-state index in [1.54, 1.807) is 32.8 Å². The van der Waals surface area contributed by atoms with E-state index in [9.17, 15) is 23.3 Å². The lowest BCUT2D eigenvalue weighted by Gasteiger charge is -2.28. The fourth-order valence-electron chi connectivity index (χ4n) is 3.38. The molecule has 0 aromatic heterocycles. The summed E-state index contributed by atoms with van der Waals surface area (Å²) in [6.45, 7) is 4.49. The van der Waals surface area contributed by atoms with Crippen molar-refractivity contribution >= 4 is 27.3 Å². The van der Waals surface area contributed by atoms with Gasteiger partial charge in [0.25, 0.3) is 5.69 Å². The van der Waals surface area contributed by atoms with Crippen molar-refractivity contribution < 1.29 is 18.1 Å². The van der Waals surface area contributed by atoms with Crippen LogP contribution in [0.25, 0.3) is 0 Å². The van der Waals surface area contributed by atoms with E-state index >= 15 is 0 Å². The van der Waals surface area contributed by atoms with Crippen LogP contribution < -0.4 is 4.90 Å². The van der Waals surface area contributed by atoms with Gasteiger partial charge >= 0.3 is 0 Å². The molecule has 0 aliphatic carbocycles. The number of carbonyl (C=O) groups is 1. The summed E-state index contributed by atoms with van der Waals surface area (Å²) >= 11 is 0. The van der Waals surface area contributed by atoms with Crippen molar-refractivity contribution in [1.29, 1.82) is 0 Å². The molecule has 1 aliphatic heterocycles. The average molecular weight is 398 g/mol. The van der Waals surface area contributed by atoms with Gasteiger partial charge in [0.2, 0.25) is 15.9 Å². The van der Waals surface area contributed by atoms with E-state index in [1.165, 1.54) is 21.3 Å². The lowest BCUT2D eigenvalue weighted by molar-refractivity contribution is -0.384. The van der Waals surface area contributed by atoms with Crippen molar-refractivity contribution in [2.75, 3.05) is 38.6 Å². The number of amides is 1. The minimum absolute atomic E-state index is 0.115. The number of nitro benzene ring substituents is 1. The maximum absolute atomic E-state index is 12.7. The second-order valence-electron chi connectivity index (χ2n) is 6.58. The van der Waals surface area contributed by atoms with E-state index in [1.807, 2.05) is 0 Å². The van der Waals surface area contributed by atoms with Gasteiger partial charge in [0.05, 0.1) is 9.82 Å². The Balaban J connectivity index is 2.51. The minimum Gasteiger partial charge on any atom is -0.354 e. The van der Waals surface area contributed by atoms with Crippen molar-refractivity contribution in [3.8, 4) is 0 Å². The predicted octanol–water partition coefficient (Wildman–Crippen LogP) is 1.68. The number of sulfonamides is 1. The molecule has 0 bridgehead atoms. The molecule has 1 amide bonds. The van der Waals surface area contributed by atoms with Crippen molar-refractivity contribution in [2.24, 2.45) is 0 Å². The zero-order chi connectivity index (χ0) is 20.4. The first-order valence-corrected chi connectivity index (χ1v) is 10.4. The Kier molecular flexibility index (Phi) is 6.42. The number of benzene rings is 1. The summed E-state index contributed by atoms with van der Waals surface area (Å²) < 4.78 is 26.6. The third-order valence-electron chi connectivity index (χ3n) is 4.77. The molecular weight excluding hydrogens is 372 g/mol. The number of likely N-dealkylation sites (N-methyl/N-ethyl adjacent to an activating group) is 1. The van der Waals surface area contributed by atoms with Gasteiger partial charge in [-0.2, -0.15) is 4.31 Å². The van der Waals surface area contributed by atoms with Gasteiger partial charge in [-0.1, -0.05) is 13.8 Å². The molecule has 1 fully saturated rings. The molecule has 1 aliphatic rings. The van der Waals surface area contributed by atoms with Crippen molar-refractivity contribution in [1.82, 2.24) is 9.21 Å². The largest absolute Gasteiger partial charge is 0.354 e. The van der Waals surface area contributed by atoms with Crippen molar-refractivity contribution in [3.05, 3.63) is 28.3 Å². The SMILES string of the molecule is CCN(CC)S(=O)(=O)c1ccc(N2CCCC2C(=O)N(C)C)c([N+](=O)[O-])c1. The molecule has 1 unspecified atom stereocenters. The van der Waals surface area contributed by atoms with Gasteiger partial charge in [-0.3, -0.25) is 14.9 Å². The number of nitro groups is 1. The molecule has 2 rings (SSSR count). The fraction of sp³-hybridized carbons (Fsp3) is 0.588. The number of rotatable bonds is 7. The van der Waals surface area contributed by atoms with E-state index < -0.39 is 21.0 Å². The van der Waals surface area contributed by atoms with Crippen LogP contribution in [-0.4, -0.2) is 68.2 Å². The third kappa shape index (κ3) is 4.06. The summed E-state index contributed by atoms with van der Waals surface area (Å²) in [7, 11) is -0.514. The second kappa shape index (κ2) is 8.22. The first-order chi connectivity index (χ1) is 12.6. The number of nitrogens with zero attached hydrogens (tertiary/aromatic N) is 4. The maximum Gasteiger partial charge on any atom is 0.293 e. The summed E-state index contributed by atoms with van der Waals surface area (Å²) in [6, 6.07) is 3.43. The van der Waals surface area contributed by atoms with E-state index in [0.29, 0.717) is 13.0 Å². The Hall–Kier alpha value is -2.20. The van der Waals surface area contributed by atoms with Crippen LogP contribution >= 0.6 is 0 Å². The molecule has 0 N–H and O–H groups in total. The maximum atomic E-state index is 12.7. The van der Waals surface area contributed by atoms with E-state index in [4.69, 9.17) is 0 Å². The van der Waals surface area contributed by atoms with Crippen LogP contribution in [0.4, 0.5) is 11.4 Å².